The second-order valence-corrected chi connectivity index (χ2v) is 6.17. The van der Waals surface area contributed by atoms with E-state index >= 15 is 0 Å². The van der Waals surface area contributed by atoms with Gasteiger partial charge in [0.25, 0.3) is 0 Å². The molecule has 2 unspecified atom stereocenters. The number of aromatic nitrogens is 2. The average Bonchev–Trinajstić information content (AvgIpc) is 2.89. The van der Waals surface area contributed by atoms with E-state index in [1.165, 1.54) is 0 Å². The number of aliphatic hydroxyl groups is 1. The van der Waals surface area contributed by atoms with Gasteiger partial charge in [-0.25, -0.2) is 4.98 Å². The van der Waals surface area contributed by atoms with Gasteiger partial charge in [-0.05, 0) is 5.41 Å². The molecule has 2 aromatic rings. The van der Waals surface area contributed by atoms with Crippen molar-refractivity contribution >= 4 is 0 Å². The normalized spacial score (nSPS) is 15.1. The van der Waals surface area contributed by atoms with Crippen molar-refractivity contribution < 1.29 is 5.11 Å². The monoisotopic (exact) mass is 273 g/mol. The molecule has 1 heterocycles. The molecule has 0 bridgehead atoms. The quantitative estimate of drug-likeness (QED) is 0.899. The molecule has 2 atom stereocenters. The second-order valence-electron chi connectivity index (χ2n) is 6.17. The Morgan fingerprint density at radius 3 is 2.45 bits per heavy atom. The maximum absolute atomic E-state index is 9.77. The van der Waals surface area contributed by atoms with Gasteiger partial charge in [0, 0.05) is 24.0 Å². The van der Waals surface area contributed by atoms with E-state index in [9.17, 15) is 5.11 Å². The molecule has 0 aliphatic carbocycles. The number of hydrogen-bond donors (Lipinski definition) is 2. The van der Waals surface area contributed by atoms with E-state index in [1.807, 2.05) is 41.1 Å². The maximum Gasteiger partial charge on any atom is 0.140 e. The fourth-order valence-electron chi connectivity index (χ4n) is 2.34. The molecule has 0 radical (unpaired) electrons. The molecule has 0 aliphatic heterocycles. The predicted molar refractivity (Wildman–Crippen MR) is 81.2 cm³/mol. The van der Waals surface area contributed by atoms with Crippen molar-refractivity contribution in [1.82, 2.24) is 9.55 Å². The van der Waals surface area contributed by atoms with Crippen LogP contribution in [0.5, 0.6) is 0 Å². The molecule has 1 aromatic heterocycles. The third kappa shape index (κ3) is 2.92. The van der Waals surface area contributed by atoms with Gasteiger partial charge in [-0.1, -0.05) is 51.1 Å². The highest BCUT2D eigenvalue weighted by Gasteiger charge is 2.30. The summed E-state index contributed by atoms with van der Waals surface area (Å²) in [5.74, 6) is 0.837. The standard InChI is InChI=1S/C16H23N3O/c1-16(2,3)14(17)13(11-20)19-10-9-18-15(19)12-7-5-4-6-8-12/h4-10,13-14,20H,11,17H2,1-3H3. The molecule has 108 valence electrons. The number of hydrogen-bond acceptors (Lipinski definition) is 3. The van der Waals surface area contributed by atoms with Crippen molar-refractivity contribution in [3.8, 4) is 11.4 Å². The van der Waals surface area contributed by atoms with Crippen molar-refractivity contribution in [1.29, 1.82) is 0 Å². The highest BCUT2D eigenvalue weighted by atomic mass is 16.3. The number of nitrogens with zero attached hydrogens (tertiary/aromatic N) is 2. The lowest BCUT2D eigenvalue weighted by molar-refractivity contribution is 0.155. The van der Waals surface area contributed by atoms with Crippen LogP contribution in [0.4, 0.5) is 0 Å². The van der Waals surface area contributed by atoms with E-state index in [0.717, 1.165) is 11.4 Å². The van der Waals surface area contributed by atoms with Crippen LogP contribution in [0, 0.1) is 5.41 Å². The van der Waals surface area contributed by atoms with Crippen molar-refractivity contribution in [2.45, 2.75) is 32.9 Å². The van der Waals surface area contributed by atoms with Crippen LogP contribution in [0.1, 0.15) is 26.8 Å². The van der Waals surface area contributed by atoms with Crippen LogP contribution in [0.25, 0.3) is 11.4 Å². The Kier molecular flexibility index (Phi) is 4.26. The molecule has 0 fully saturated rings. The fraction of sp³-hybridized carbons (Fsp3) is 0.438. The molecule has 0 spiro atoms. The Bertz CT molecular complexity index is 542. The number of aliphatic hydroxyl groups excluding tert-OH is 1. The van der Waals surface area contributed by atoms with E-state index in [0.29, 0.717) is 0 Å². The lowest BCUT2D eigenvalue weighted by Crippen LogP contribution is -2.44. The van der Waals surface area contributed by atoms with E-state index in [4.69, 9.17) is 5.73 Å². The first kappa shape index (κ1) is 14.8. The van der Waals surface area contributed by atoms with Gasteiger partial charge in [0.2, 0.25) is 0 Å². The molecule has 3 N–H and O–H groups in total. The van der Waals surface area contributed by atoms with Crippen LogP contribution < -0.4 is 5.73 Å². The van der Waals surface area contributed by atoms with E-state index in [-0.39, 0.29) is 24.1 Å². The van der Waals surface area contributed by atoms with Crippen LogP contribution in [-0.2, 0) is 0 Å². The van der Waals surface area contributed by atoms with Gasteiger partial charge >= 0.3 is 0 Å². The van der Waals surface area contributed by atoms with Crippen molar-refractivity contribution in [2.24, 2.45) is 11.1 Å². The summed E-state index contributed by atoms with van der Waals surface area (Å²) < 4.78 is 1.98. The van der Waals surface area contributed by atoms with Crippen LogP contribution >= 0.6 is 0 Å². The molecule has 4 heteroatoms. The summed E-state index contributed by atoms with van der Waals surface area (Å²) in [4.78, 5) is 4.42. The largest absolute Gasteiger partial charge is 0.394 e. The van der Waals surface area contributed by atoms with Crippen molar-refractivity contribution in [3.05, 3.63) is 42.7 Å². The molecular formula is C16H23N3O. The van der Waals surface area contributed by atoms with Gasteiger partial charge in [-0.2, -0.15) is 0 Å². The Balaban J connectivity index is 2.40. The maximum atomic E-state index is 9.77. The molecule has 0 amide bonds. The van der Waals surface area contributed by atoms with E-state index < -0.39 is 0 Å². The van der Waals surface area contributed by atoms with Crippen LogP contribution in [0.15, 0.2) is 42.7 Å². The lowest BCUT2D eigenvalue weighted by atomic mass is 9.83. The number of rotatable bonds is 4. The van der Waals surface area contributed by atoms with Crippen LogP contribution in [-0.4, -0.2) is 27.3 Å². The summed E-state index contributed by atoms with van der Waals surface area (Å²) in [7, 11) is 0. The summed E-state index contributed by atoms with van der Waals surface area (Å²) in [5.41, 5.74) is 7.27. The Morgan fingerprint density at radius 1 is 1.25 bits per heavy atom. The van der Waals surface area contributed by atoms with Crippen LogP contribution in [0.2, 0.25) is 0 Å². The zero-order valence-electron chi connectivity index (χ0n) is 12.3. The highest BCUT2D eigenvalue weighted by Crippen LogP contribution is 2.29. The number of benzene rings is 1. The molecule has 0 saturated heterocycles. The molecule has 4 nitrogen and oxygen atoms in total. The van der Waals surface area contributed by atoms with Crippen LogP contribution in [0.3, 0.4) is 0 Å². The topological polar surface area (TPSA) is 64.1 Å². The minimum absolute atomic E-state index is 0.00533. The van der Waals surface area contributed by atoms with Gasteiger partial charge in [0.05, 0.1) is 12.6 Å². The Morgan fingerprint density at radius 2 is 1.90 bits per heavy atom. The third-order valence-corrected chi connectivity index (χ3v) is 3.66. The van der Waals surface area contributed by atoms with E-state index in [2.05, 4.69) is 25.8 Å². The van der Waals surface area contributed by atoms with Gasteiger partial charge in [0.1, 0.15) is 5.82 Å². The van der Waals surface area contributed by atoms with Crippen molar-refractivity contribution in [2.75, 3.05) is 6.61 Å². The summed E-state index contributed by atoms with van der Waals surface area (Å²) in [5, 5.41) is 9.77. The zero-order valence-corrected chi connectivity index (χ0v) is 12.3. The van der Waals surface area contributed by atoms with Gasteiger partial charge in [-0.15, -0.1) is 0 Å². The summed E-state index contributed by atoms with van der Waals surface area (Å²) in [6, 6.07) is 9.60. The Labute approximate surface area is 120 Å². The molecular weight excluding hydrogens is 250 g/mol. The number of nitrogens with two attached hydrogens (primary N) is 1. The molecule has 0 saturated carbocycles. The smallest absolute Gasteiger partial charge is 0.140 e. The molecule has 2 rings (SSSR count). The van der Waals surface area contributed by atoms with Crippen molar-refractivity contribution in [3.63, 3.8) is 0 Å². The molecule has 20 heavy (non-hydrogen) atoms. The Hall–Kier alpha value is -1.65. The number of imidazole rings is 1. The predicted octanol–water partition coefficient (Wildman–Crippen LogP) is 2.46. The van der Waals surface area contributed by atoms with Gasteiger partial charge in [-0.3, -0.25) is 0 Å². The molecule has 1 aromatic carbocycles. The lowest BCUT2D eigenvalue weighted by Gasteiger charge is -2.34. The summed E-state index contributed by atoms with van der Waals surface area (Å²) in [6.45, 7) is 6.24. The summed E-state index contributed by atoms with van der Waals surface area (Å²) >= 11 is 0. The first-order valence-corrected chi connectivity index (χ1v) is 6.90. The van der Waals surface area contributed by atoms with Gasteiger partial charge < -0.3 is 15.4 Å². The highest BCUT2D eigenvalue weighted by molar-refractivity contribution is 5.55. The minimum Gasteiger partial charge on any atom is -0.394 e. The van der Waals surface area contributed by atoms with E-state index in [1.54, 1.807) is 6.20 Å². The first-order chi connectivity index (χ1) is 9.45. The summed E-state index contributed by atoms with van der Waals surface area (Å²) in [6.07, 6.45) is 3.63. The second kappa shape index (κ2) is 5.77. The minimum atomic E-state index is -0.187. The SMILES string of the molecule is CC(C)(C)C(N)C(CO)n1ccnc1-c1ccccc1. The molecule has 0 aliphatic rings. The zero-order chi connectivity index (χ0) is 14.8. The third-order valence-electron chi connectivity index (χ3n) is 3.66. The first-order valence-electron chi connectivity index (χ1n) is 6.90. The fourth-order valence-corrected chi connectivity index (χ4v) is 2.34. The average molecular weight is 273 g/mol. The van der Waals surface area contributed by atoms with Gasteiger partial charge in [0.15, 0.2) is 0 Å².